The Labute approximate surface area is 72.9 Å². The fourth-order valence-corrected chi connectivity index (χ4v) is 2.42. The summed E-state index contributed by atoms with van der Waals surface area (Å²) in [4.78, 5) is 0. The highest BCUT2D eigenvalue weighted by molar-refractivity contribution is 7.99. The first kappa shape index (κ1) is 9.36. The molecule has 0 radical (unpaired) electrons. The van der Waals surface area contributed by atoms with E-state index in [1.54, 1.807) is 0 Å². The molecule has 1 aliphatic rings. The third-order valence-corrected chi connectivity index (χ3v) is 3.51. The molecule has 1 aliphatic heterocycles. The highest BCUT2D eigenvalue weighted by Crippen LogP contribution is 2.25. The van der Waals surface area contributed by atoms with E-state index in [-0.39, 0.29) is 0 Å². The Kier molecular flexibility index (Phi) is 4.26. The third-order valence-electron chi connectivity index (χ3n) is 2.33. The van der Waals surface area contributed by atoms with Crippen molar-refractivity contribution in [1.29, 1.82) is 0 Å². The minimum Gasteiger partial charge on any atom is -0.381 e. The summed E-state index contributed by atoms with van der Waals surface area (Å²) in [6, 6.07) is 0. The maximum atomic E-state index is 5.65. The van der Waals surface area contributed by atoms with Crippen LogP contribution in [0.5, 0.6) is 0 Å². The molecular formula is C8H17NOS. The van der Waals surface area contributed by atoms with Crippen molar-refractivity contribution in [2.45, 2.75) is 18.1 Å². The summed E-state index contributed by atoms with van der Waals surface area (Å²) in [7, 11) is 0. The van der Waals surface area contributed by atoms with Crippen LogP contribution in [0.1, 0.15) is 12.8 Å². The number of ether oxygens (including phenoxy) is 1. The van der Waals surface area contributed by atoms with Crippen molar-refractivity contribution < 1.29 is 4.74 Å². The van der Waals surface area contributed by atoms with Crippen molar-refractivity contribution >= 4 is 11.8 Å². The zero-order chi connectivity index (χ0) is 8.10. The van der Waals surface area contributed by atoms with Gasteiger partial charge in [0, 0.05) is 25.0 Å². The van der Waals surface area contributed by atoms with E-state index in [4.69, 9.17) is 10.5 Å². The molecule has 1 rings (SSSR count). The Balaban J connectivity index is 2.30. The standard InChI is InChI=1S/C8H17NOS/c1-11-8(6-9)7-2-4-10-5-3-7/h7-8H,2-6,9H2,1H3. The maximum Gasteiger partial charge on any atom is 0.0469 e. The molecule has 1 saturated heterocycles. The van der Waals surface area contributed by atoms with Gasteiger partial charge in [0.2, 0.25) is 0 Å². The molecule has 0 aromatic rings. The minimum absolute atomic E-state index is 0.652. The number of rotatable bonds is 3. The van der Waals surface area contributed by atoms with E-state index in [0.29, 0.717) is 5.25 Å². The second-order valence-electron chi connectivity index (χ2n) is 2.96. The van der Waals surface area contributed by atoms with Gasteiger partial charge in [-0.15, -0.1) is 0 Å². The lowest BCUT2D eigenvalue weighted by atomic mass is 9.96. The van der Waals surface area contributed by atoms with Crippen LogP contribution in [0.4, 0.5) is 0 Å². The molecule has 2 nitrogen and oxygen atoms in total. The zero-order valence-electron chi connectivity index (χ0n) is 7.08. The third kappa shape index (κ3) is 2.65. The molecule has 1 atom stereocenters. The second-order valence-corrected chi connectivity index (χ2v) is 4.04. The largest absolute Gasteiger partial charge is 0.381 e. The fourth-order valence-electron chi connectivity index (χ4n) is 1.57. The van der Waals surface area contributed by atoms with Gasteiger partial charge in [-0.25, -0.2) is 0 Å². The van der Waals surface area contributed by atoms with Crippen molar-refractivity contribution in [2.24, 2.45) is 11.7 Å². The van der Waals surface area contributed by atoms with Crippen LogP contribution in [-0.2, 0) is 4.74 Å². The van der Waals surface area contributed by atoms with Gasteiger partial charge in [0.1, 0.15) is 0 Å². The van der Waals surface area contributed by atoms with Crippen LogP contribution in [-0.4, -0.2) is 31.3 Å². The number of hydrogen-bond donors (Lipinski definition) is 1. The lowest BCUT2D eigenvalue weighted by Gasteiger charge is -2.27. The topological polar surface area (TPSA) is 35.2 Å². The van der Waals surface area contributed by atoms with Gasteiger partial charge < -0.3 is 10.5 Å². The smallest absolute Gasteiger partial charge is 0.0469 e. The van der Waals surface area contributed by atoms with E-state index in [9.17, 15) is 0 Å². The van der Waals surface area contributed by atoms with Crippen LogP contribution in [0.3, 0.4) is 0 Å². The summed E-state index contributed by atoms with van der Waals surface area (Å²) in [5.41, 5.74) is 5.65. The quantitative estimate of drug-likeness (QED) is 0.697. The van der Waals surface area contributed by atoms with Gasteiger partial charge in [-0.05, 0) is 25.0 Å². The summed E-state index contributed by atoms with van der Waals surface area (Å²) >= 11 is 1.90. The lowest BCUT2D eigenvalue weighted by molar-refractivity contribution is 0.0663. The average Bonchev–Trinajstić information content (AvgIpc) is 2.09. The first-order chi connectivity index (χ1) is 5.38. The Morgan fingerprint density at radius 1 is 1.55 bits per heavy atom. The monoisotopic (exact) mass is 175 g/mol. The molecule has 11 heavy (non-hydrogen) atoms. The minimum atomic E-state index is 0.652. The Morgan fingerprint density at radius 3 is 2.64 bits per heavy atom. The number of thioether (sulfide) groups is 1. The van der Waals surface area contributed by atoms with Crippen LogP contribution in [0, 0.1) is 5.92 Å². The summed E-state index contributed by atoms with van der Waals surface area (Å²) < 4.78 is 5.29. The highest BCUT2D eigenvalue weighted by Gasteiger charge is 2.21. The van der Waals surface area contributed by atoms with Crippen LogP contribution < -0.4 is 5.73 Å². The van der Waals surface area contributed by atoms with Crippen molar-refractivity contribution in [2.75, 3.05) is 26.0 Å². The molecular weight excluding hydrogens is 158 g/mol. The lowest BCUT2D eigenvalue weighted by Crippen LogP contribution is -2.30. The van der Waals surface area contributed by atoms with E-state index in [1.165, 1.54) is 12.8 Å². The van der Waals surface area contributed by atoms with E-state index in [0.717, 1.165) is 25.7 Å². The molecule has 1 fully saturated rings. The molecule has 0 spiro atoms. The van der Waals surface area contributed by atoms with Gasteiger partial charge in [0.05, 0.1) is 0 Å². The van der Waals surface area contributed by atoms with Gasteiger partial charge in [-0.1, -0.05) is 0 Å². The maximum absolute atomic E-state index is 5.65. The second kappa shape index (κ2) is 5.01. The Morgan fingerprint density at radius 2 is 2.18 bits per heavy atom. The van der Waals surface area contributed by atoms with Crippen LogP contribution in [0.15, 0.2) is 0 Å². The summed E-state index contributed by atoms with van der Waals surface area (Å²) in [6.07, 6.45) is 4.54. The van der Waals surface area contributed by atoms with Crippen LogP contribution in [0.25, 0.3) is 0 Å². The zero-order valence-corrected chi connectivity index (χ0v) is 7.90. The molecule has 66 valence electrons. The van der Waals surface area contributed by atoms with Crippen LogP contribution >= 0.6 is 11.8 Å². The van der Waals surface area contributed by atoms with Gasteiger partial charge in [-0.2, -0.15) is 11.8 Å². The Hall–Kier alpha value is 0.270. The summed E-state index contributed by atoms with van der Waals surface area (Å²) in [5, 5.41) is 0.652. The fraction of sp³-hybridized carbons (Fsp3) is 1.00. The molecule has 0 aliphatic carbocycles. The molecule has 2 N–H and O–H groups in total. The summed E-state index contributed by atoms with van der Waals surface area (Å²) in [6.45, 7) is 2.68. The molecule has 0 saturated carbocycles. The van der Waals surface area contributed by atoms with Gasteiger partial charge in [0.25, 0.3) is 0 Å². The van der Waals surface area contributed by atoms with Crippen molar-refractivity contribution in [3.8, 4) is 0 Å². The normalized spacial score (nSPS) is 23.5. The van der Waals surface area contributed by atoms with Gasteiger partial charge in [-0.3, -0.25) is 0 Å². The van der Waals surface area contributed by atoms with E-state index in [1.807, 2.05) is 11.8 Å². The van der Waals surface area contributed by atoms with Crippen LogP contribution in [0.2, 0.25) is 0 Å². The molecule has 0 aromatic carbocycles. The SMILES string of the molecule is CSC(CN)C1CCOCC1. The van der Waals surface area contributed by atoms with Gasteiger partial charge >= 0.3 is 0 Å². The molecule has 3 heteroatoms. The average molecular weight is 175 g/mol. The number of hydrogen-bond acceptors (Lipinski definition) is 3. The van der Waals surface area contributed by atoms with E-state index >= 15 is 0 Å². The first-order valence-corrected chi connectivity index (χ1v) is 5.48. The molecule has 0 aromatic heterocycles. The first-order valence-electron chi connectivity index (χ1n) is 4.19. The van der Waals surface area contributed by atoms with Crippen molar-refractivity contribution in [3.63, 3.8) is 0 Å². The van der Waals surface area contributed by atoms with Gasteiger partial charge in [0.15, 0.2) is 0 Å². The Bertz CT molecular complexity index is 100. The van der Waals surface area contributed by atoms with Crippen molar-refractivity contribution in [3.05, 3.63) is 0 Å². The predicted octanol–water partition coefficient (Wildman–Crippen LogP) is 1.10. The highest BCUT2D eigenvalue weighted by atomic mass is 32.2. The molecule has 0 bridgehead atoms. The predicted molar refractivity (Wildman–Crippen MR) is 49.9 cm³/mol. The van der Waals surface area contributed by atoms with E-state index in [2.05, 4.69) is 6.26 Å². The molecule has 1 heterocycles. The molecule has 0 amide bonds. The number of nitrogens with two attached hydrogens (primary N) is 1. The molecule has 1 unspecified atom stereocenters. The van der Waals surface area contributed by atoms with Crippen molar-refractivity contribution in [1.82, 2.24) is 0 Å². The van der Waals surface area contributed by atoms with E-state index < -0.39 is 0 Å². The summed E-state index contributed by atoms with van der Waals surface area (Å²) in [5.74, 6) is 0.795.